The van der Waals surface area contributed by atoms with Gasteiger partial charge in [-0.05, 0) is 29.7 Å². The first-order valence-corrected chi connectivity index (χ1v) is 9.35. The van der Waals surface area contributed by atoms with Gasteiger partial charge in [0.05, 0.1) is 16.5 Å². The normalized spacial score (nSPS) is 13.4. The van der Waals surface area contributed by atoms with E-state index in [0.717, 1.165) is 6.07 Å². The van der Waals surface area contributed by atoms with E-state index in [0.29, 0.717) is 11.8 Å². The van der Waals surface area contributed by atoms with Crippen LogP contribution in [0.5, 0.6) is 0 Å². The molecular formula is C12H11ClN2O6S2. The van der Waals surface area contributed by atoms with Gasteiger partial charge in [-0.1, -0.05) is 6.07 Å². The molecule has 0 fully saturated rings. The summed E-state index contributed by atoms with van der Waals surface area (Å²) in [5, 5.41) is 0.180. The monoisotopic (exact) mass is 378 g/mol. The predicted octanol–water partition coefficient (Wildman–Crippen LogP) is 1.56. The van der Waals surface area contributed by atoms with Gasteiger partial charge < -0.3 is 5.73 Å². The molecule has 4 N–H and O–H groups in total. The number of halogens is 1. The number of nitrogens with two attached hydrogens (primary N) is 1. The van der Waals surface area contributed by atoms with E-state index in [1.54, 1.807) is 0 Å². The number of amidine groups is 1. The largest absolute Gasteiger partial charge is 0.386 e. The van der Waals surface area contributed by atoms with Crippen molar-refractivity contribution in [2.24, 2.45) is 10.7 Å². The van der Waals surface area contributed by atoms with Gasteiger partial charge in [-0.15, -0.1) is 11.6 Å². The molecule has 0 saturated heterocycles. The van der Waals surface area contributed by atoms with E-state index in [9.17, 15) is 21.4 Å². The van der Waals surface area contributed by atoms with E-state index in [4.69, 9.17) is 21.9 Å². The number of hydrogen-bond donors (Lipinski definition) is 3. The summed E-state index contributed by atoms with van der Waals surface area (Å²) in [5.74, 6) is 0.0753. The summed E-state index contributed by atoms with van der Waals surface area (Å²) in [7, 11) is -9.38. The quantitative estimate of drug-likeness (QED) is 0.316. The summed E-state index contributed by atoms with van der Waals surface area (Å²) in [5.41, 5.74) is 5.79. The average Bonchev–Trinajstić information content (AvgIpc) is 2.43. The number of benzene rings is 2. The number of rotatable bonds is 4. The fourth-order valence-electron chi connectivity index (χ4n) is 1.92. The first-order valence-electron chi connectivity index (χ1n) is 5.94. The molecule has 2 rings (SSSR count). The smallest absolute Gasteiger partial charge is 0.295 e. The highest BCUT2D eigenvalue weighted by Crippen LogP contribution is 2.30. The Morgan fingerprint density at radius 1 is 1.09 bits per heavy atom. The van der Waals surface area contributed by atoms with Crippen LogP contribution in [0, 0.1) is 0 Å². The highest BCUT2D eigenvalue weighted by molar-refractivity contribution is 7.86. The maximum atomic E-state index is 11.4. The lowest BCUT2D eigenvalue weighted by molar-refractivity contribution is 0.482. The third-order valence-electron chi connectivity index (χ3n) is 2.86. The Hall–Kier alpha value is -1.72. The van der Waals surface area contributed by atoms with Gasteiger partial charge in [0, 0.05) is 5.39 Å². The van der Waals surface area contributed by atoms with E-state index < -0.39 is 30.0 Å². The van der Waals surface area contributed by atoms with E-state index in [1.165, 1.54) is 18.2 Å². The van der Waals surface area contributed by atoms with Gasteiger partial charge in [-0.25, -0.2) is 4.99 Å². The summed E-state index contributed by atoms with van der Waals surface area (Å²) in [6.07, 6.45) is 0. The summed E-state index contributed by atoms with van der Waals surface area (Å²) < 4.78 is 63.8. The van der Waals surface area contributed by atoms with Crippen LogP contribution in [0.4, 0.5) is 5.69 Å². The fourth-order valence-corrected chi connectivity index (χ4v) is 3.34. The van der Waals surface area contributed by atoms with Gasteiger partial charge in [-0.3, -0.25) is 9.11 Å². The predicted molar refractivity (Wildman–Crippen MR) is 85.6 cm³/mol. The van der Waals surface area contributed by atoms with Crippen molar-refractivity contribution >= 4 is 54.1 Å². The molecular weight excluding hydrogens is 368 g/mol. The molecule has 0 aliphatic rings. The number of nitrogens with zero attached hydrogens (tertiary/aromatic N) is 1. The molecule has 8 nitrogen and oxygen atoms in total. The second kappa shape index (κ2) is 6.06. The zero-order valence-electron chi connectivity index (χ0n) is 11.3. The zero-order chi connectivity index (χ0) is 17.4. The number of alkyl halides is 1. The number of fused-ring (bicyclic) bond motifs is 1. The van der Waals surface area contributed by atoms with Crippen LogP contribution < -0.4 is 5.73 Å². The Bertz CT molecular complexity index is 1020. The summed E-state index contributed by atoms with van der Waals surface area (Å²) in [6, 6.07) is 5.81. The Morgan fingerprint density at radius 2 is 1.74 bits per heavy atom. The molecule has 124 valence electrons. The van der Waals surface area contributed by atoms with E-state index >= 15 is 0 Å². The molecule has 0 saturated carbocycles. The average molecular weight is 379 g/mol. The minimum absolute atomic E-state index is 0.0284. The van der Waals surface area contributed by atoms with Crippen molar-refractivity contribution in [3.63, 3.8) is 0 Å². The molecule has 0 atom stereocenters. The van der Waals surface area contributed by atoms with E-state index in [-0.39, 0.29) is 22.5 Å². The Kier molecular flexibility index (Phi) is 4.64. The van der Waals surface area contributed by atoms with Gasteiger partial charge in [-0.2, -0.15) is 16.8 Å². The summed E-state index contributed by atoms with van der Waals surface area (Å²) >= 11 is 5.51. The van der Waals surface area contributed by atoms with Gasteiger partial charge in [0.15, 0.2) is 0 Å². The topological polar surface area (TPSA) is 147 Å². The van der Waals surface area contributed by atoms with Crippen molar-refractivity contribution in [1.29, 1.82) is 0 Å². The van der Waals surface area contributed by atoms with E-state index in [2.05, 4.69) is 4.99 Å². The maximum Gasteiger partial charge on any atom is 0.295 e. The van der Waals surface area contributed by atoms with E-state index in [1.807, 2.05) is 0 Å². The molecule has 0 radical (unpaired) electrons. The van der Waals surface area contributed by atoms with Crippen LogP contribution in [-0.2, 0) is 20.2 Å². The number of aliphatic imine (C=N–C) groups is 1. The molecule has 0 unspecified atom stereocenters. The Balaban J connectivity index is 2.86. The molecule has 2 aromatic rings. The van der Waals surface area contributed by atoms with Crippen molar-refractivity contribution in [2.75, 3.05) is 5.88 Å². The minimum Gasteiger partial charge on any atom is -0.386 e. The van der Waals surface area contributed by atoms with Crippen LogP contribution in [0.25, 0.3) is 10.8 Å². The molecule has 0 bridgehead atoms. The summed E-state index contributed by atoms with van der Waals surface area (Å²) in [4.78, 5) is 2.62. The first kappa shape index (κ1) is 17.6. The SMILES string of the molecule is NC(CCl)=Nc1ccc2c(S(=O)(=O)O)cc(S(=O)(=O)O)cc2c1. The lowest BCUT2D eigenvalue weighted by Crippen LogP contribution is -2.12. The Morgan fingerprint density at radius 3 is 2.26 bits per heavy atom. The molecule has 11 heteroatoms. The molecule has 0 heterocycles. The molecule has 0 amide bonds. The second-order valence-electron chi connectivity index (χ2n) is 4.51. The van der Waals surface area contributed by atoms with Gasteiger partial charge >= 0.3 is 0 Å². The lowest BCUT2D eigenvalue weighted by Gasteiger charge is -2.08. The highest BCUT2D eigenvalue weighted by atomic mass is 35.5. The molecule has 0 spiro atoms. The van der Waals surface area contributed by atoms with Crippen LogP contribution in [0.15, 0.2) is 45.1 Å². The van der Waals surface area contributed by atoms with Crippen LogP contribution in [-0.4, -0.2) is 37.7 Å². The Labute approximate surface area is 137 Å². The van der Waals surface area contributed by atoms with Gasteiger partial charge in [0.25, 0.3) is 20.2 Å². The number of hydrogen-bond acceptors (Lipinski definition) is 5. The third-order valence-corrected chi connectivity index (χ3v) is 4.86. The van der Waals surface area contributed by atoms with Crippen LogP contribution in [0.1, 0.15) is 0 Å². The van der Waals surface area contributed by atoms with Crippen molar-refractivity contribution in [3.05, 3.63) is 30.3 Å². The molecule has 0 aliphatic carbocycles. The van der Waals surface area contributed by atoms with Crippen LogP contribution in [0.3, 0.4) is 0 Å². The summed E-state index contributed by atoms with van der Waals surface area (Å²) in [6.45, 7) is 0. The molecule has 23 heavy (non-hydrogen) atoms. The second-order valence-corrected chi connectivity index (χ2v) is 7.59. The van der Waals surface area contributed by atoms with Crippen LogP contribution in [0.2, 0.25) is 0 Å². The third kappa shape index (κ3) is 3.98. The lowest BCUT2D eigenvalue weighted by atomic mass is 10.1. The fraction of sp³-hybridized carbons (Fsp3) is 0.0833. The van der Waals surface area contributed by atoms with Crippen molar-refractivity contribution < 1.29 is 25.9 Å². The first-order chi connectivity index (χ1) is 10.5. The van der Waals surface area contributed by atoms with Crippen LogP contribution >= 0.6 is 11.6 Å². The van der Waals surface area contributed by atoms with Gasteiger partial charge in [0.2, 0.25) is 0 Å². The minimum atomic E-state index is -4.71. The molecule has 2 aromatic carbocycles. The standard InChI is InChI=1S/C12H11ClN2O6S2/c13-6-12(14)15-8-1-2-10-7(3-8)4-9(22(16,17)18)5-11(10)23(19,20)21/h1-5H,6H2,(H2,14,15)(H,16,17,18)(H,19,20,21). The van der Waals surface area contributed by atoms with Gasteiger partial charge in [0.1, 0.15) is 10.7 Å². The molecule has 0 aliphatic heterocycles. The van der Waals surface area contributed by atoms with Crippen molar-refractivity contribution in [2.45, 2.75) is 9.79 Å². The zero-order valence-corrected chi connectivity index (χ0v) is 13.7. The maximum absolute atomic E-state index is 11.4. The van der Waals surface area contributed by atoms with Crippen molar-refractivity contribution in [3.8, 4) is 0 Å². The highest BCUT2D eigenvalue weighted by Gasteiger charge is 2.20. The molecule has 0 aromatic heterocycles. The van der Waals surface area contributed by atoms with Crippen molar-refractivity contribution in [1.82, 2.24) is 0 Å².